The zero-order valence-electron chi connectivity index (χ0n) is 13.2. The van der Waals surface area contributed by atoms with Crippen LogP contribution in [0.4, 0.5) is 0 Å². The average Bonchev–Trinajstić information content (AvgIpc) is 2.46. The molecule has 1 aromatic carbocycles. The quantitative estimate of drug-likeness (QED) is 0.806. The number of esters is 1. The number of nitrogens with zero attached hydrogens (tertiary/aromatic N) is 1. The molecule has 0 spiro atoms. The van der Waals surface area contributed by atoms with E-state index in [9.17, 15) is 4.79 Å². The van der Waals surface area contributed by atoms with Gasteiger partial charge in [0.05, 0.1) is 17.7 Å². The SMILES string of the molecule is CC(C)[C@@H]1N[C@H]2c3cc(C#N)ccc3OC(C)(C)[C@@H]2OC1=O. The number of ether oxygens (including phenoxy) is 2. The van der Waals surface area contributed by atoms with Gasteiger partial charge in [0.1, 0.15) is 17.4 Å². The normalized spacial score (nSPS) is 28.9. The van der Waals surface area contributed by atoms with Crippen LogP contribution in [0.5, 0.6) is 5.75 Å². The fourth-order valence-corrected chi connectivity index (χ4v) is 3.17. The minimum atomic E-state index is -0.629. The molecule has 0 unspecified atom stereocenters. The Labute approximate surface area is 130 Å². The first-order valence-corrected chi connectivity index (χ1v) is 7.53. The molecule has 1 aromatic rings. The van der Waals surface area contributed by atoms with Crippen molar-refractivity contribution in [2.24, 2.45) is 5.92 Å². The molecule has 2 aliphatic rings. The monoisotopic (exact) mass is 300 g/mol. The lowest BCUT2D eigenvalue weighted by molar-refractivity contribution is -0.180. The summed E-state index contributed by atoms with van der Waals surface area (Å²) < 4.78 is 11.7. The van der Waals surface area contributed by atoms with Gasteiger partial charge in [0.2, 0.25) is 0 Å². The molecule has 0 aliphatic carbocycles. The van der Waals surface area contributed by atoms with Crippen LogP contribution in [0.3, 0.4) is 0 Å². The van der Waals surface area contributed by atoms with E-state index in [1.807, 2.05) is 39.8 Å². The van der Waals surface area contributed by atoms with Crippen molar-refractivity contribution >= 4 is 5.97 Å². The van der Waals surface area contributed by atoms with E-state index in [0.29, 0.717) is 5.56 Å². The van der Waals surface area contributed by atoms with Gasteiger partial charge >= 0.3 is 5.97 Å². The largest absolute Gasteiger partial charge is 0.484 e. The van der Waals surface area contributed by atoms with Gasteiger partial charge in [-0.05, 0) is 38.0 Å². The van der Waals surface area contributed by atoms with Gasteiger partial charge in [-0.3, -0.25) is 10.1 Å². The number of benzene rings is 1. The smallest absolute Gasteiger partial charge is 0.323 e. The van der Waals surface area contributed by atoms with E-state index in [2.05, 4.69) is 11.4 Å². The Morgan fingerprint density at radius 3 is 2.73 bits per heavy atom. The molecule has 0 saturated carbocycles. The second kappa shape index (κ2) is 4.99. The van der Waals surface area contributed by atoms with Crippen molar-refractivity contribution in [3.63, 3.8) is 0 Å². The summed E-state index contributed by atoms with van der Waals surface area (Å²) in [6, 6.07) is 6.99. The van der Waals surface area contributed by atoms with Crippen LogP contribution in [0.1, 0.15) is 44.9 Å². The molecule has 116 valence electrons. The van der Waals surface area contributed by atoms with Crippen LogP contribution in [0, 0.1) is 17.2 Å². The first-order valence-electron chi connectivity index (χ1n) is 7.53. The highest BCUT2D eigenvalue weighted by Gasteiger charge is 2.51. The Morgan fingerprint density at radius 1 is 1.36 bits per heavy atom. The van der Waals surface area contributed by atoms with Gasteiger partial charge in [0.25, 0.3) is 0 Å². The Kier molecular flexibility index (Phi) is 3.37. The van der Waals surface area contributed by atoms with Crippen molar-refractivity contribution in [3.8, 4) is 11.8 Å². The van der Waals surface area contributed by atoms with Crippen LogP contribution >= 0.6 is 0 Å². The molecule has 5 nitrogen and oxygen atoms in total. The lowest BCUT2D eigenvalue weighted by Crippen LogP contribution is -2.62. The van der Waals surface area contributed by atoms with Crippen molar-refractivity contribution in [2.75, 3.05) is 0 Å². The summed E-state index contributed by atoms with van der Waals surface area (Å²) in [5.41, 5.74) is 0.818. The molecule has 1 fully saturated rings. The molecule has 0 radical (unpaired) electrons. The number of carbonyl (C=O) groups excluding carboxylic acids is 1. The summed E-state index contributed by atoms with van der Waals surface area (Å²) in [6.45, 7) is 7.79. The van der Waals surface area contributed by atoms with E-state index in [-0.39, 0.29) is 24.0 Å². The molecule has 2 aliphatic heterocycles. The zero-order valence-corrected chi connectivity index (χ0v) is 13.2. The van der Waals surface area contributed by atoms with Gasteiger partial charge in [-0.25, -0.2) is 0 Å². The summed E-state index contributed by atoms with van der Waals surface area (Å²) in [7, 11) is 0. The van der Waals surface area contributed by atoms with E-state index < -0.39 is 11.7 Å². The fourth-order valence-electron chi connectivity index (χ4n) is 3.17. The van der Waals surface area contributed by atoms with Crippen LogP contribution in [0.15, 0.2) is 18.2 Å². The van der Waals surface area contributed by atoms with Crippen molar-refractivity contribution < 1.29 is 14.3 Å². The van der Waals surface area contributed by atoms with E-state index in [1.54, 1.807) is 6.07 Å². The van der Waals surface area contributed by atoms with Crippen LogP contribution in [0.2, 0.25) is 0 Å². The molecule has 22 heavy (non-hydrogen) atoms. The van der Waals surface area contributed by atoms with Gasteiger partial charge in [-0.2, -0.15) is 5.26 Å². The predicted molar refractivity (Wildman–Crippen MR) is 80.2 cm³/mol. The highest BCUT2D eigenvalue weighted by Crippen LogP contribution is 2.43. The molecular formula is C17H20N2O3. The Balaban J connectivity index is 2.07. The Bertz CT molecular complexity index is 660. The highest BCUT2D eigenvalue weighted by atomic mass is 16.6. The Hall–Kier alpha value is -2.06. The number of hydrogen-bond acceptors (Lipinski definition) is 5. The zero-order chi connectivity index (χ0) is 16.1. The highest BCUT2D eigenvalue weighted by molar-refractivity contribution is 5.77. The van der Waals surface area contributed by atoms with Crippen LogP contribution in [-0.2, 0) is 9.53 Å². The Morgan fingerprint density at radius 2 is 2.09 bits per heavy atom. The van der Waals surface area contributed by atoms with Crippen molar-refractivity contribution in [1.82, 2.24) is 5.32 Å². The molecule has 5 heteroatoms. The summed E-state index contributed by atoms with van der Waals surface area (Å²) in [5, 5.41) is 12.5. The van der Waals surface area contributed by atoms with Crippen molar-refractivity contribution in [2.45, 2.75) is 51.5 Å². The second-order valence-electron chi connectivity index (χ2n) is 6.79. The number of hydrogen-bond donors (Lipinski definition) is 1. The number of nitriles is 1. The molecule has 0 aromatic heterocycles. The molecular weight excluding hydrogens is 280 g/mol. The first kappa shape index (κ1) is 14.9. The van der Waals surface area contributed by atoms with E-state index in [1.165, 1.54) is 0 Å². The number of nitrogens with one attached hydrogen (secondary N) is 1. The summed E-state index contributed by atoms with van der Waals surface area (Å²) in [6.07, 6.45) is -0.420. The standard InChI is InChI=1S/C17H20N2O3/c1-9(2)13-16(20)21-15-14(19-13)11-7-10(8-18)5-6-12(11)22-17(15,3)4/h5-7,9,13-15,19H,1-4H3/t13-,14-,15+/m0/s1. The third-order valence-electron chi connectivity index (χ3n) is 4.36. The topological polar surface area (TPSA) is 71.3 Å². The predicted octanol–water partition coefficient (Wildman–Crippen LogP) is 2.31. The van der Waals surface area contributed by atoms with Gasteiger partial charge in [-0.15, -0.1) is 0 Å². The van der Waals surface area contributed by atoms with Gasteiger partial charge < -0.3 is 9.47 Å². The maximum absolute atomic E-state index is 12.2. The third-order valence-corrected chi connectivity index (χ3v) is 4.36. The average molecular weight is 300 g/mol. The number of morpholine rings is 1. The fraction of sp³-hybridized carbons (Fsp3) is 0.529. The van der Waals surface area contributed by atoms with Gasteiger partial charge in [0, 0.05) is 5.56 Å². The van der Waals surface area contributed by atoms with Crippen molar-refractivity contribution in [3.05, 3.63) is 29.3 Å². The number of rotatable bonds is 1. The molecule has 3 atom stereocenters. The molecule has 1 N–H and O–H groups in total. The molecule has 3 rings (SSSR count). The summed E-state index contributed by atoms with van der Waals surface area (Å²) in [4.78, 5) is 12.2. The molecule has 0 bridgehead atoms. The lowest BCUT2D eigenvalue weighted by Gasteiger charge is -2.48. The van der Waals surface area contributed by atoms with E-state index >= 15 is 0 Å². The van der Waals surface area contributed by atoms with E-state index in [0.717, 1.165) is 11.3 Å². The number of carbonyl (C=O) groups is 1. The van der Waals surface area contributed by atoms with Crippen LogP contribution in [-0.4, -0.2) is 23.7 Å². The van der Waals surface area contributed by atoms with Crippen molar-refractivity contribution in [1.29, 1.82) is 5.26 Å². The lowest BCUT2D eigenvalue weighted by atomic mass is 9.83. The van der Waals surface area contributed by atoms with Gasteiger partial charge in [-0.1, -0.05) is 13.8 Å². The summed E-state index contributed by atoms with van der Waals surface area (Å²) >= 11 is 0. The van der Waals surface area contributed by atoms with Gasteiger partial charge in [0.15, 0.2) is 6.10 Å². The molecule has 1 saturated heterocycles. The first-order chi connectivity index (χ1) is 10.3. The molecule has 0 amide bonds. The second-order valence-corrected chi connectivity index (χ2v) is 6.79. The minimum absolute atomic E-state index is 0.127. The maximum Gasteiger partial charge on any atom is 0.323 e. The maximum atomic E-state index is 12.2. The minimum Gasteiger partial charge on any atom is -0.484 e. The summed E-state index contributed by atoms with van der Waals surface area (Å²) in [5.74, 6) is 0.619. The molecule has 2 heterocycles. The third kappa shape index (κ3) is 2.24. The number of fused-ring (bicyclic) bond motifs is 3. The van der Waals surface area contributed by atoms with E-state index in [4.69, 9.17) is 14.7 Å². The van der Waals surface area contributed by atoms with Crippen LogP contribution in [0.25, 0.3) is 0 Å². The van der Waals surface area contributed by atoms with Crippen LogP contribution < -0.4 is 10.1 Å².